The summed E-state index contributed by atoms with van der Waals surface area (Å²) >= 11 is 0. The Labute approximate surface area is 115 Å². The molecule has 3 nitrogen and oxygen atoms in total. The van der Waals surface area contributed by atoms with Gasteiger partial charge in [-0.15, -0.1) is 0 Å². The first-order chi connectivity index (χ1) is 9.24. The fourth-order valence-electron chi connectivity index (χ4n) is 2.74. The Morgan fingerprint density at radius 3 is 2.84 bits per heavy atom. The normalized spacial score (nSPS) is 15.1. The smallest absolute Gasteiger partial charge is 0.224 e. The van der Waals surface area contributed by atoms with Gasteiger partial charge in [0.25, 0.3) is 0 Å². The Kier molecular flexibility index (Phi) is 4.97. The summed E-state index contributed by atoms with van der Waals surface area (Å²) in [6, 6.07) is 6.61. The van der Waals surface area contributed by atoms with Crippen molar-refractivity contribution < 1.29 is 4.79 Å². The Bertz CT molecular complexity index is 442. The second-order valence-electron chi connectivity index (χ2n) is 5.34. The number of nitrogens with one attached hydrogen (secondary N) is 2. The molecular formula is C16H24N2O. The molecule has 1 unspecified atom stereocenters. The van der Waals surface area contributed by atoms with E-state index >= 15 is 0 Å². The van der Waals surface area contributed by atoms with Crippen LogP contribution in [0.25, 0.3) is 0 Å². The van der Waals surface area contributed by atoms with E-state index in [1.165, 1.54) is 36.0 Å². The quantitative estimate of drug-likeness (QED) is 0.822. The summed E-state index contributed by atoms with van der Waals surface area (Å²) in [4.78, 5) is 12.0. The van der Waals surface area contributed by atoms with Crippen LogP contribution in [0.4, 0.5) is 0 Å². The number of benzene rings is 1. The van der Waals surface area contributed by atoms with Crippen LogP contribution in [-0.2, 0) is 24.2 Å². The number of aryl methyl sites for hydroxylation is 2. The first kappa shape index (κ1) is 14.1. The number of hydrogen-bond acceptors (Lipinski definition) is 2. The lowest BCUT2D eigenvalue weighted by Gasteiger charge is -2.14. The molecule has 1 aliphatic rings. The lowest BCUT2D eigenvalue weighted by molar-refractivity contribution is -0.125. The monoisotopic (exact) mass is 260 g/mol. The number of carbonyl (C=O) groups is 1. The topological polar surface area (TPSA) is 41.1 Å². The van der Waals surface area contributed by atoms with Gasteiger partial charge >= 0.3 is 0 Å². The molecule has 0 spiro atoms. The average molecular weight is 260 g/mol. The van der Waals surface area contributed by atoms with Crippen LogP contribution in [0.1, 0.15) is 36.5 Å². The predicted octanol–water partition coefficient (Wildman–Crippen LogP) is 2.04. The van der Waals surface area contributed by atoms with Gasteiger partial charge in [-0.3, -0.25) is 4.79 Å². The molecular weight excluding hydrogens is 236 g/mol. The third-order valence-electron chi connectivity index (χ3n) is 3.94. The van der Waals surface area contributed by atoms with Gasteiger partial charge < -0.3 is 10.6 Å². The van der Waals surface area contributed by atoms with Crippen molar-refractivity contribution in [3.8, 4) is 0 Å². The Morgan fingerprint density at radius 1 is 1.32 bits per heavy atom. The van der Waals surface area contributed by atoms with Gasteiger partial charge in [-0.1, -0.05) is 25.1 Å². The van der Waals surface area contributed by atoms with E-state index in [2.05, 4.69) is 35.8 Å². The molecule has 0 radical (unpaired) electrons. The predicted molar refractivity (Wildman–Crippen MR) is 78.0 cm³/mol. The highest BCUT2D eigenvalue weighted by Crippen LogP contribution is 2.22. The largest absolute Gasteiger partial charge is 0.352 e. The molecule has 1 atom stereocenters. The van der Waals surface area contributed by atoms with Gasteiger partial charge in [-0.2, -0.15) is 0 Å². The summed E-state index contributed by atoms with van der Waals surface area (Å²) in [5.41, 5.74) is 4.17. The number of fused-ring (bicyclic) bond motifs is 1. The highest BCUT2D eigenvalue weighted by molar-refractivity contribution is 5.78. The van der Waals surface area contributed by atoms with Crippen LogP contribution in [-0.4, -0.2) is 19.5 Å². The average Bonchev–Trinajstić information content (AvgIpc) is 2.89. The maximum Gasteiger partial charge on any atom is 0.224 e. The summed E-state index contributed by atoms with van der Waals surface area (Å²) in [5, 5.41) is 6.12. The number of carbonyl (C=O) groups excluding carboxylic acids is 1. The van der Waals surface area contributed by atoms with E-state index in [-0.39, 0.29) is 11.8 Å². The maximum atomic E-state index is 12.0. The number of hydrogen-bond donors (Lipinski definition) is 2. The first-order valence-electron chi connectivity index (χ1n) is 7.27. The van der Waals surface area contributed by atoms with E-state index in [4.69, 9.17) is 0 Å². The Morgan fingerprint density at radius 2 is 2.11 bits per heavy atom. The van der Waals surface area contributed by atoms with Crippen LogP contribution in [0.5, 0.6) is 0 Å². The van der Waals surface area contributed by atoms with Crippen molar-refractivity contribution in [3.05, 3.63) is 34.9 Å². The minimum Gasteiger partial charge on any atom is -0.352 e. The van der Waals surface area contributed by atoms with E-state index in [9.17, 15) is 4.79 Å². The molecule has 0 heterocycles. The van der Waals surface area contributed by atoms with Crippen LogP contribution < -0.4 is 10.6 Å². The fourth-order valence-corrected chi connectivity index (χ4v) is 2.74. The molecule has 19 heavy (non-hydrogen) atoms. The molecule has 1 aromatic rings. The molecule has 0 fully saturated rings. The third-order valence-corrected chi connectivity index (χ3v) is 3.94. The summed E-state index contributed by atoms with van der Waals surface area (Å²) in [6.07, 6.45) is 4.54. The Balaban J connectivity index is 1.89. The standard InChI is InChI=1S/C16H24N2O/c1-3-13(11-17-2)16(19)18-10-12-7-8-14-5-4-6-15(14)9-12/h7-9,13,17H,3-6,10-11H2,1-2H3,(H,18,19). The van der Waals surface area contributed by atoms with Gasteiger partial charge in [0.2, 0.25) is 5.91 Å². The van der Waals surface area contributed by atoms with Crippen molar-refractivity contribution in [1.82, 2.24) is 10.6 Å². The lowest BCUT2D eigenvalue weighted by atomic mass is 10.0. The molecule has 104 valence electrons. The molecule has 3 heteroatoms. The minimum absolute atomic E-state index is 0.0689. The molecule has 2 rings (SSSR count). The van der Waals surface area contributed by atoms with Crippen molar-refractivity contribution in [2.24, 2.45) is 5.92 Å². The highest BCUT2D eigenvalue weighted by Gasteiger charge is 2.15. The molecule has 0 bridgehead atoms. The van der Waals surface area contributed by atoms with Gasteiger partial charge in [0.05, 0.1) is 5.92 Å². The van der Waals surface area contributed by atoms with E-state index in [0.717, 1.165) is 13.0 Å². The van der Waals surface area contributed by atoms with E-state index in [1.807, 2.05) is 7.05 Å². The van der Waals surface area contributed by atoms with Gasteiger partial charge in [-0.05, 0) is 49.4 Å². The second kappa shape index (κ2) is 6.71. The fraction of sp³-hybridized carbons (Fsp3) is 0.562. The number of amides is 1. The molecule has 1 amide bonds. The lowest BCUT2D eigenvalue weighted by Crippen LogP contribution is -2.35. The van der Waals surface area contributed by atoms with Gasteiger partial charge in [0.1, 0.15) is 0 Å². The SMILES string of the molecule is CCC(CNC)C(=O)NCc1ccc2c(c1)CCC2. The molecule has 0 saturated carbocycles. The van der Waals surface area contributed by atoms with Crippen molar-refractivity contribution in [3.63, 3.8) is 0 Å². The summed E-state index contributed by atoms with van der Waals surface area (Å²) in [6.45, 7) is 3.44. The zero-order chi connectivity index (χ0) is 13.7. The third kappa shape index (κ3) is 3.57. The Hall–Kier alpha value is -1.35. The van der Waals surface area contributed by atoms with Gasteiger partial charge in [0, 0.05) is 13.1 Å². The molecule has 1 aromatic carbocycles. The van der Waals surface area contributed by atoms with E-state index < -0.39 is 0 Å². The van der Waals surface area contributed by atoms with Crippen LogP contribution in [0, 0.1) is 5.92 Å². The zero-order valence-corrected chi connectivity index (χ0v) is 12.0. The van der Waals surface area contributed by atoms with Crippen molar-refractivity contribution in [2.75, 3.05) is 13.6 Å². The highest BCUT2D eigenvalue weighted by atomic mass is 16.1. The molecule has 0 aromatic heterocycles. The van der Waals surface area contributed by atoms with Crippen LogP contribution in [0.2, 0.25) is 0 Å². The van der Waals surface area contributed by atoms with Crippen LogP contribution >= 0.6 is 0 Å². The van der Waals surface area contributed by atoms with Crippen molar-refractivity contribution >= 4 is 5.91 Å². The van der Waals surface area contributed by atoms with Gasteiger partial charge in [-0.25, -0.2) is 0 Å². The second-order valence-corrected chi connectivity index (χ2v) is 5.34. The molecule has 0 saturated heterocycles. The van der Waals surface area contributed by atoms with E-state index in [1.54, 1.807) is 0 Å². The minimum atomic E-state index is 0.0689. The van der Waals surface area contributed by atoms with Crippen molar-refractivity contribution in [2.45, 2.75) is 39.2 Å². The molecule has 1 aliphatic carbocycles. The summed E-state index contributed by atoms with van der Waals surface area (Å²) < 4.78 is 0. The molecule has 0 aliphatic heterocycles. The number of rotatable bonds is 6. The van der Waals surface area contributed by atoms with Crippen molar-refractivity contribution in [1.29, 1.82) is 0 Å². The summed E-state index contributed by atoms with van der Waals surface area (Å²) in [5.74, 6) is 0.219. The van der Waals surface area contributed by atoms with E-state index in [0.29, 0.717) is 6.54 Å². The maximum absolute atomic E-state index is 12.0. The first-order valence-corrected chi connectivity index (χ1v) is 7.27. The van der Waals surface area contributed by atoms with Crippen LogP contribution in [0.3, 0.4) is 0 Å². The van der Waals surface area contributed by atoms with Gasteiger partial charge in [0.15, 0.2) is 0 Å². The summed E-state index contributed by atoms with van der Waals surface area (Å²) in [7, 11) is 1.89. The van der Waals surface area contributed by atoms with Crippen LogP contribution in [0.15, 0.2) is 18.2 Å². The zero-order valence-electron chi connectivity index (χ0n) is 12.0. The molecule has 2 N–H and O–H groups in total.